The highest BCUT2D eigenvalue weighted by Crippen LogP contribution is 2.21. The Morgan fingerprint density at radius 3 is 2.70 bits per heavy atom. The Bertz CT molecular complexity index is 1030. The van der Waals surface area contributed by atoms with Gasteiger partial charge in [-0.3, -0.25) is 14.6 Å². The minimum absolute atomic E-state index is 0.238. The summed E-state index contributed by atoms with van der Waals surface area (Å²) < 4.78 is 24.3. The Morgan fingerprint density at radius 1 is 1.18 bits per heavy atom. The normalized spacial score (nSPS) is 14.6. The second-order valence-corrected chi connectivity index (χ2v) is 9.14. The molecular formula is C24H29FN4O3S. The molecule has 4 rings (SSSR count). The number of aryl methyl sites for hydroxylation is 1. The zero-order chi connectivity index (χ0) is 23.0. The molecule has 0 saturated carbocycles. The van der Waals surface area contributed by atoms with Gasteiger partial charge in [-0.15, -0.1) is 11.3 Å². The van der Waals surface area contributed by atoms with Crippen molar-refractivity contribution in [3.8, 4) is 0 Å². The molecule has 1 saturated heterocycles. The molecule has 3 heterocycles. The summed E-state index contributed by atoms with van der Waals surface area (Å²) in [6.07, 6.45) is 1.41. The maximum Gasteiger partial charge on any atom is 0.273 e. The van der Waals surface area contributed by atoms with Gasteiger partial charge in [-0.1, -0.05) is 12.1 Å². The van der Waals surface area contributed by atoms with Crippen LogP contribution in [0.15, 0.2) is 46.4 Å². The van der Waals surface area contributed by atoms with Crippen molar-refractivity contribution >= 4 is 17.2 Å². The Morgan fingerprint density at radius 2 is 1.97 bits per heavy atom. The van der Waals surface area contributed by atoms with Gasteiger partial charge in [-0.05, 0) is 41.6 Å². The summed E-state index contributed by atoms with van der Waals surface area (Å²) in [5, 5.41) is 4.99. The topological polar surface area (TPSA) is 70.8 Å². The zero-order valence-corrected chi connectivity index (χ0v) is 19.6. The molecule has 0 spiro atoms. The lowest BCUT2D eigenvalue weighted by molar-refractivity contribution is 0.0383. The fourth-order valence-corrected chi connectivity index (χ4v) is 4.65. The van der Waals surface area contributed by atoms with E-state index in [1.54, 1.807) is 23.5 Å². The number of halogens is 1. The van der Waals surface area contributed by atoms with E-state index < -0.39 is 0 Å². The first-order valence-corrected chi connectivity index (χ1v) is 12.0. The summed E-state index contributed by atoms with van der Waals surface area (Å²) in [6.45, 7) is 8.43. The first-order valence-electron chi connectivity index (χ1n) is 11.1. The molecule has 0 atom stereocenters. The van der Waals surface area contributed by atoms with Crippen LogP contribution in [0.2, 0.25) is 0 Å². The van der Waals surface area contributed by atoms with Crippen molar-refractivity contribution in [3.63, 3.8) is 0 Å². The average Bonchev–Trinajstić information content (AvgIpc) is 3.45. The summed E-state index contributed by atoms with van der Waals surface area (Å²) in [5.41, 5.74) is 2.51. The molecule has 1 aliphatic rings. The van der Waals surface area contributed by atoms with E-state index in [0.29, 0.717) is 32.1 Å². The number of amides is 1. The minimum Gasteiger partial charge on any atom is -0.447 e. The SMILES string of the molecule is Cc1ccsc1CN(Cc1ccc(F)cc1)Cc1nc(C(=O)NCCN2CCOCC2)co1. The Balaban J connectivity index is 1.35. The average molecular weight is 473 g/mol. The number of carbonyl (C=O) groups is 1. The molecule has 33 heavy (non-hydrogen) atoms. The van der Waals surface area contributed by atoms with Crippen LogP contribution in [0.5, 0.6) is 0 Å². The number of carbonyl (C=O) groups excluding carboxylic acids is 1. The van der Waals surface area contributed by atoms with Crippen LogP contribution >= 0.6 is 11.3 Å². The van der Waals surface area contributed by atoms with Gasteiger partial charge >= 0.3 is 0 Å². The number of hydrogen-bond acceptors (Lipinski definition) is 7. The number of nitrogens with zero attached hydrogens (tertiary/aromatic N) is 3. The van der Waals surface area contributed by atoms with Crippen LogP contribution < -0.4 is 5.32 Å². The number of thiophene rings is 1. The second kappa shape index (κ2) is 11.5. The van der Waals surface area contributed by atoms with Crippen molar-refractivity contribution in [2.45, 2.75) is 26.6 Å². The molecular weight excluding hydrogens is 443 g/mol. The molecule has 1 amide bonds. The Labute approximate surface area is 197 Å². The predicted octanol–water partition coefficient (Wildman–Crippen LogP) is 3.45. The molecule has 176 valence electrons. The van der Waals surface area contributed by atoms with E-state index in [1.165, 1.54) is 28.8 Å². The van der Waals surface area contributed by atoms with Gasteiger partial charge in [0.15, 0.2) is 5.69 Å². The number of rotatable bonds is 10. The van der Waals surface area contributed by atoms with E-state index in [0.717, 1.165) is 38.4 Å². The number of benzene rings is 1. The van der Waals surface area contributed by atoms with Crippen LogP contribution in [0.25, 0.3) is 0 Å². The molecule has 1 aromatic carbocycles. The van der Waals surface area contributed by atoms with Gasteiger partial charge in [-0.25, -0.2) is 9.37 Å². The molecule has 0 aliphatic carbocycles. The lowest BCUT2D eigenvalue weighted by atomic mass is 10.2. The maximum absolute atomic E-state index is 13.3. The van der Waals surface area contributed by atoms with Crippen molar-refractivity contribution < 1.29 is 18.3 Å². The van der Waals surface area contributed by atoms with E-state index in [9.17, 15) is 9.18 Å². The van der Waals surface area contributed by atoms with E-state index in [2.05, 4.69) is 38.5 Å². The molecule has 1 aliphatic heterocycles. The largest absolute Gasteiger partial charge is 0.447 e. The number of oxazole rings is 1. The molecule has 1 N–H and O–H groups in total. The van der Waals surface area contributed by atoms with Crippen LogP contribution in [0.3, 0.4) is 0 Å². The van der Waals surface area contributed by atoms with Crippen LogP contribution in [0, 0.1) is 12.7 Å². The lowest BCUT2D eigenvalue weighted by Crippen LogP contribution is -2.41. The summed E-state index contributed by atoms with van der Waals surface area (Å²) in [5.74, 6) is -0.0153. The van der Waals surface area contributed by atoms with Gasteiger partial charge in [0.05, 0.1) is 19.8 Å². The Hall–Kier alpha value is -2.59. The quantitative estimate of drug-likeness (QED) is 0.487. The van der Waals surface area contributed by atoms with E-state index in [1.807, 2.05) is 0 Å². The summed E-state index contributed by atoms with van der Waals surface area (Å²) in [6, 6.07) is 8.60. The molecule has 2 aromatic heterocycles. The number of hydrogen-bond donors (Lipinski definition) is 1. The number of nitrogens with one attached hydrogen (secondary N) is 1. The predicted molar refractivity (Wildman–Crippen MR) is 125 cm³/mol. The molecule has 3 aromatic rings. The number of aromatic nitrogens is 1. The summed E-state index contributed by atoms with van der Waals surface area (Å²) >= 11 is 1.70. The van der Waals surface area contributed by atoms with Crippen molar-refractivity contribution in [2.75, 3.05) is 39.4 Å². The molecule has 9 heteroatoms. The van der Waals surface area contributed by atoms with Gasteiger partial charge in [0.1, 0.15) is 12.1 Å². The van der Waals surface area contributed by atoms with Gasteiger partial charge in [0, 0.05) is 44.1 Å². The summed E-state index contributed by atoms with van der Waals surface area (Å²) in [4.78, 5) is 22.6. The minimum atomic E-state index is -0.253. The highest BCUT2D eigenvalue weighted by molar-refractivity contribution is 7.10. The standard InChI is InChI=1S/C24H29FN4O3S/c1-18-6-13-33-22(18)15-29(14-19-2-4-20(25)5-3-19)16-23-27-21(17-32-23)24(30)26-7-8-28-9-11-31-12-10-28/h2-6,13,17H,7-12,14-16H2,1H3,(H,26,30). The van der Waals surface area contributed by atoms with E-state index in [4.69, 9.17) is 9.15 Å². The van der Waals surface area contributed by atoms with Crippen LogP contribution in [0.1, 0.15) is 32.4 Å². The van der Waals surface area contributed by atoms with Gasteiger partial charge in [0.2, 0.25) is 5.89 Å². The monoisotopic (exact) mass is 472 g/mol. The molecule has 0 bridgehead atoms. The van der Waals surface area contributed by atoms with Crippen LogP contribution in [0.4, 0.5) is 4.39 Å². The maximum atomic E-state index is 13.3. The van der Waals surface area contributed by atoms with Crippen molar-refractivity contribution in [1.82, 2.24) is 20.1 Å². The first-order chi connectivity index (χ1) is 16.1. The third-order valence-electron chi connectivity index (χ3n) is 5.62. The van der Waals surface area contributed by atoms with Crippen molar-refractivity contribution in [1.29, 1.82) is 0 Å². The highest BCUT2D eigenvalue weighted by Gasteiger charge is 2.17. The first kappa shape index (κ1) is 23.6. The third kappa shape index (κ3) is 6.94. The lowest BCUT2D eigenvalue weighted by Gasteiger charge is -2.26. The van der Waals surface area contributed by atoms with Gasteiger partial charge in [0.25, 0.3) is 5.91 Å². The van der Waals surface area contributed by atoms with Gasteiger partial charge < -0.3 is 14.5 Å². The molecule has 7 nitrogen and oxygen atoms in total. The van der Waals surface area contributed by atoms with Crippen molar-refractivity contribution in [2.24, 2.45) is 0 Å². The fourth-order valence-electron chi connectivity index (χ4n) is 3.71. The third-order valence-corrected chi connectivity index (χ3v) is 6.62. The van der Waals surface area contributed by atoms with Crippen molar-refractivity contribution in [3.05, 3.63) is 75.4 Å². The highest BCUT2D eigenvalue weighted by atomic mass is 32.1. The van der Waals surface area contributed by atoms with E-state index in [-0.39, 0.29) is 17.4 Å². The smallest absolute Gasteiger partial charge is 0.273 e. The van der Waals surface area contributed by atoms with Gasteiger partial charge in [-0.2, -0.15) is 0 Å². The summed E-state index contributed by atoms with van der Waals surface area (Å²) in [7, 11) is 0. The molecule has 0 unspecified atom stereocenters. The molecule has 0 radical (unpaired) electrons. The number of morpholine rings is 1. The fraction of sp³-hybridized carbons (Fsp3) is 0.417. The van der Waals surface area contributed by atoms with Crippen LogP contribution in [-0.2, 0) is 24.4 Å². The van der Waals surface area contributed by atoms with Crippen LogP contribution in [-0.4, -0.2) is 60.1 Å². The molecule has 1 fully saturated rings. The zero-order valence-electron chi connectivity index (χ0n) is 18.8. The second-order valence-electron chi connectivity index (χ2n) is 8.13. The Kier molecular flexibility index (Phi) is 8.22. The van der Waals surface area contributed by atoms with E-state index >= 15 is 0 Å². The number of ether oxygens (including phenoxy) is 1.